The third-order valence-corrected chi connectivity index (χ3v) is 4.90. The van der Waals surface area contributed by atoms with Gasteiger partial charge in [0.15, 0.2) is 6.61 Å². The van der Waals surface area contributed by atoms with E-state index in [9.17, 15) is 9.59 Å². The third-order valence-electron chi connectivity index (χ3n) is 4.40. The summed E-state index contributed by atoms with van der Waals surface area (Å²) in [6, 6.07) is 14.7. The molecule has 0 aromatic heterocycles. The van der Waals surface area contributed by atoms with Crippen molar-refractivity contribution in [1.29, 1.82) is 0 Å². The summed E-state index contributed by atoms with van der Waals surface area (Å²) < 4.78 is 6.65. The van der Waals surface area contributed by atoms with Gasteiger partial charge in [0.1, 0.15) is 11.8 Å². The molecule has 0 unspecified atom stereocenters. The van der Waals surface area contributed by atoms with Crippen molar-refractivity contribution in [2.75, 3.05) is 13.2 Å². The number of para-hydroxylation sites is 1. The van der Waals surface area contributed by atoms with Crippen LogP contribution in [0.5, 0.6) is 5.75 Å². The Morgan fingerprint density at radius 3 is 2.61 bits per heavy atom. The second-order valence-electron chi connectivity index (χ2n) is 6.67. The minimum Gasteiger partial charge on any atom is -0.484 e. The molecule has 1 N–H and O–H groups in total. The van der Waals surface area contributed by atoms with Crippen molar-refractivity contribution in [3.8, 4) is 5.75 Å². The molecule has 0 saturated heterocycles. The van der Waals surface area contributed by atoms with E-state index in [2.05, 4.69) is 21.2 Å². The first-order valence-corrected chi connectivity index (χ1v) is 10.2. The number of benzene rings is 2. The Kier molecular flexibility index (Phi) is 8.51. The quantitative estimate of drug-likeness (QED) is 0.630. The standard InChI is InChI=1S/C22H27BrN2O3/c1-4-12-24-22(27)17(3)25(14-18-9-7-10-19(23)13-18)21(26)15-28-20-11-6-5-8-16(20)2/h5-11,13,17H,4,12,14-15H2,1-3H3,(H,24,27)/t17-/m1/s1. The summed E-state index contributed by atoms with van der Waals surface area (Å²) in [6.07, 6.45) is 0.842. The molecule has 0 bridgehead atoms. The number of carbonyl (C=O) groups excluding carboxylic acids is 2. The number of aryl methyl sites for hydroxylation is 1. The zero-order valence-corrected chi connectivity index (χ0v) is 18.2. The average molecular weight is 447 g/mol. The van der Waals surface area contributed by atoms with Gasteiger partial charge in [0.05, 0.1) is 0 Å². The van der Waals surface area contributed by atoms with Crippen LogP contribution in [0.3, 0.4) is 0 Å². The summed E-state index contributed by atoms with van der Waals surface area (Å²) in [5.41, 5.74) is 1.90. The molecule has 2 rings (SSSR count). The number of nitrogens with zero attached hydrogens (tertiary/aromatic N) is 1. The first-order chi connectivity index (χ1) is 13.4. The number of nitrogens with one attached hydrogen (secondary N) is 1. The summed E-state index contributed by atoms with van der Waals surface area (Å²) in [7, 11) is 0. The van der Waals surface area contributed by atoms with Crippen molar-refractivity contribution in [2.45, 2.75) is 39.8 Å². The van der Waals surface area contributed by atoms with Gasteiger partial charge in [0, 0.05) is 17.6 Å². The minimum atomic E-state index is -0.599. The van der Waals surface area contributed by atoms with Crippen LogP contribution >= 0.6 is 15.9 Å². The molecule has 28 heavy (non-hydrogen) atoms. The minimum absolute atomic E-state index is 0.121. The molecule has 0 aliphatic heterocycles. The molecular weight excluding hydrogens is 420 g/mol. The van der Waals surface area contributed by atoms with Gasteiger partial charge in [0.25, 0.3) is 5.91 Å². The van der Waals surface area contributed by atoms with Gasteiger partial charge in [-0.2, -0.15) is 0 Å². The summed E-state index contributed by atoms with van der Waals surface area (Å²) in [5, 5.41) is 2.86. The van der Waals surface area contributed by atoms with Crippen LogP contribution in [-0.2, 0) is 16.1 Å². The molecule has 1 atom stereocenters. The van der Waals surface area contributed by atoms with Crippen LogP contribution in [0.1, 0.15) is 31.4 Å². The third kappa shape index (κ3) is 6.37. The lowest BCUT2D eigenvalue weighted by Gasteiger charge is -2.29. The van der Waals surface area contributed by atoms with Gasteiger partial charge in [-0.3, -0.25) is 9.59 Å². The van der Waals surface area contributed by atoms with Crippen LogP contribution in [-0.4, -0.2) is 35.9 Å². The van der Waals surface area contributed by atoms with Gasteiger partial charge in [-0.15, -0.1) is 0 Å². The maximum Gasteiger partial charge on any atom is 0.261 e. The fraction of sp³-hybridized carbons (Fsp3) is 0.364. The number of ether oxygens (including phenoxy) is 1. The molecule has 0 spiro atoms. The van der Waals surface area contributed by atoms with Crippen molar-refractivity contribution < 1.29 is 14.3 Å². The fourth-order valence-electron chi connectivity index (χ4n) is 2.75. The highest BCUT2D eigenvalue weighted by molar-refractivity contribution is 9.10. The van der Waals surface area contributed by atoms with Gasteiger partial charge in [-0.05, 0) is 49.6 Å². The molecular formula is C22H27BrN2O3. The van der Waals surface area contributed by atoms with Crippen LogP contribution in [0.2, 0.25) is 0 Å². The van der Waals surface area contributed by atoms with Crippen molar-refractivity contribution in [1.82, 2.24) is 10.2 Å². The smallest absolute Gasteiger partial charge is 0.261 e. The van der Waals surface area contributed by atoms with E-state index in [0.717, 1.165) is 22.0 Å². The largest absolute Gasteiger partial charge is 0.484 e. The lowest BCUT2D eigenvalue weighted by atomic mass is 10.1. The maximum absolute atomic E-state index is 12.9. The lowest BCUT2D eigenvalue weighted by molar-refractivity contribution is -0.142. The Morgan fingerprint density at radius 1 is 1.18 bits per heavy atom. The number of hydrogen-bond acceptors (Lipinski definition) is 3. The van der Waals surface area contributed by atoms with Crippen LogP contribution in [0.25, 0.3) is 0 Å². The van der Waals surface area contributed by atoms with Crippen molar-refractivity contribution in [3.05, 3.63) is 64.1 Å². The normalized spacial score (nSPS) is 11.6. The highest BCUT2D eigenvalue weighted by Gasteiger charge is 2.26. The molecule has 0 radical (unpaired) electrons. The predicted octanol–water partition coefficient (Wildman–Crippen LogP) is 4.08. The van der Waals surface area contributed by atoms with E-state index >= 15 is 0 Å². The van der Waals surface area contributed by atoms with Crippen molar-refractivity contribution in [3.63, 3.8) is 0 Å². The Labute approximate surface area is 175 Å². The van der Waals surface area contributed by atoms with Gasteiger partial charge in [-0.1, -0.05) is 53.2 Å². The van der Waals surface area contributed by atoms with E-state index in [0.29, 0.717) is 18.8 Å². The molecule has 2 amide bonds. The molecule has 0 aliphatic rings. The molecule has 0 aliphatic carbocycles. The zero-order valence-electron chi connectivity index (χ0n) is 16.6. The van der Waals surface area contributed by atoms with Gasteiger partial charge >= 0.3 is 0 Å². The SMILES string of the molecule is CCCNC(=O)[C@@H](C)N(Cc1cccc(Br)c1)C(=O)COc1ccccc1C. The molecule has 0 fully saturated rings. The summed E-state index contributed by atoms with van der Waals surface area (Å²) in [6.45, 7) is 6.46. The van der Waals surface area contributed by atoms with Crippen LogP contribution in [0, 0.1) is 6.92 Å². The first-order valence-electron chi connectivity index (χ1n) is 9.42. The number of hydrogen-bond donors (Lipinski definition) is 1. The molecule has 5 nitrogen and oxygen atoms in total. The van der Waals surface area contributed by atoms with E-state index < -0.39 is 6.04 Å². The molecule has 6 heteroatoms. The average Bonchev–Trinajstić information content (AvgIpc) is 2.69. The van der Waals surface area contributed by atoms with E-state index in [-0.39, 0.29) is 18.4 Å². The van der Waals surface area contributed by atoms with Gasteiger partial charge in [0.2, 0.25) is 5.91 Å². The zero-order chi connectivity index (χ0) is 20.5. The monoisotopic (exact) mass is 446 g/mol. The Hall–Kier alpha value is -2.34. The highest BCUT2D eigenvalue weighted by atomic mass is 79.9. The highest BCUT2D eigenvalue weighted by Crippen LogP contribution is 2.18. The Balaban J connectivity index is 2.14. The van der Waals surface area contributed by atoms with E-state index in [1.54, 1.807) is 11.8 Å². The summed E-state index contributed by atoms with van der Waals surface area (Å²) >= 11 is 3.45. The number of halogens is 1. The Bertz CT molecular complexity index is 810. The number of amides is 2. The summed E-state index contributed by atoms with van der Waals surface area (Å²) in [5.74, 6) is 0.268. The molecule has 0 saturated carbocycles. The van der Waals surface area contributed by atoms with E-state index in [1.165, 1.54) is 0 Å². The van der Waals surface area contributed by atoms with Gasteiger partial charge < -0.3 is 15.0 Å². The summed E-state index contributed by atoms with van der Waals surface area (Å²) in [4.78, 5) is 27.0. The Morgan fingerprint density at radius 2 is 1.93 bits per heavy atom. The van der Waals surface area contributed by atoms with E-state index in [4.69, 9.17) is 4.74 Å². The fourth-order valence-corrected chi connectivity index (χ4v) is 3.20. The van der Waals surface area contributed by atoms with Crippen LogP contribution < -0.4 is 10.1 Å². The first kappa shape index (κ1) is 22.0. The second kappa shape index (κ2) is 10.9. The molecule has 2 aromatic rings. The second-order valence-corrected chi connectivity index (χ2v) is 7.59. The number of rotatable bonds is 9. The topological polar surface area (TPSA) is 58.6 Å². The molecule has 2 aromatic carbocycles. The van der Waals surface area contributed by atoms with Crippen LogP contribution in [0.4, 0.5) is 0 Å². The van der Waals surface area contributed by atoms with Crippen molar-refractivity contribution >= 4 is 27.7 Å². The maximum atomic E-state index is 12.9. The number of carbonyl (C=O) groups is 2. The van der Waals surface area contributed by atoms with Crippen molar-refractivity contribution in [2.24, 2.45) is 0 Å². The van der Waals surface area contributed by atoms with E-state index in [1.807, 2.05) is 62.4 Å². The van der Waals surface area contributed by atoms with Gasteiger partial charge in [-0.25, -0.2) is 0 Å². The predicted molar refractivity (Wildman–Crippen MR) is 114 cm³/mol. The van der Waals surface area contributed by atoms with Crippen LogP contribution in [0.15, 0.2) is 53.0 Å². The molecule has 150 valence electrons. The lowest BCUT2D eigenvalue weighted by Crippen LogP contribution is -2.49. The molecule has 0 heterocycles.